The fourth-order valence-electron chi connectivity index (χ4n) is 1.04. The number of ether oxygens (including phenoxy) is 2. The molecule has 1 rings (SSSR count). The van der Waals surface area contributed by atoms with Crippen LogP contribution in [0.2, 0.25) is 0 Å². The minimum absolute atomic E-state index is 0.0684. The first-order chi connectivity index (χ1) is 5.10. The van der Waals surface area contributed by atoms with Crippen LogP contribution in [0, 0.1) is 0 Å². The summed E-state index contributed by atoms with van der Waals surface area (Å²) in [6.07, 6.45) is -2.32. The zero-order valence-corrected chi connectivity index (χ0v) is 6.23. The van der Waals surface area contributed by atoms with Crippen LogP contribution in [0.15, 0.2) is 0 Å². The lowest BCUT2D eigenvalue weighted by atomic mass is 10.1. The van der Waals surface area contributed by atoms with E-state index < -0.39 is 18.0 Å². The SMILES string of the molecule is COC[C@]1(O)OCC(O)[C@@H]1O. The number of aliphatic hydroxyl groups is 3. The molecule has 66 valence electrons. The molecule has 0 aromatic carbocycles. The first-order valence-corrected chi connectivity index (χ1v) is 3.31. The molecule has 0 radical (unpaired) electrons. The molecule has 0 bridgehead atoms. The summed E-state index contributed by atoms with van der Waals surface area (Å²) in [5.41, 5.74) is 0. The third-order valence-electron chi connectivity index (χ3n) is 1.68. The third-order valence-corrected chi connectivity index (χ3v) is 1.68. The van der Waals surface area contributed by atoms with E-state index in [0.29, 0.717) is 0 Å². The summed E-state index contributed by atoms with van der Waals surface area (Å²) in [6, 6.07) is 0. The van der Waals surface area contributed by atoms with Gasteiger partial charge in [-0.25, -0.2) is 0 Å². The van der Waals surface area contributed by atoms with Gasteiger partial charge in [-0.1, -0.05) is 0 Å². The molecule has 0 aromatic heterocycles. The smallest absolute Gasteiger partial charge is 0.219 e. The molecule has 5 nitrogen and oxygen atoms in total. The van der Waals surface area contributed by atoms with E-state index in [1.807, 2.05) is 0 Å². The van der Waals surface area contributed by atoms with Crippen LogP contribution in [-0.4, -0.2) is 53.6 Å². The van der Waals surface area contributed by atoms with Gasteiger partial charge in [0.2, 0.25) is 5.79 Å². The van der Waals surface area contributed by atoms with Crippen molar-refractivity contribution in [3.8, 4) is 0 Å². The molecule has 3 atom stereocenters. The molecule has 0 aromatic rings. The number of rotatable bonds is 2. The number of methoxy groups -OCH3 is 1. The Morgan fingerprint density at radius 3 is 2.64 bits per heavy atom. The zero-order valence-electron chi connectivity index (χ0n) is 6.23. The van der Waals surface area contributed by atoms with Gasteiger partial charge in [0.05, 0.1) is 6.61 Å². The Labute approximate surface area is 64.2 Å². The van der Waals surface area contributed by atoms with Crippen molar-refractivity contribution >= 4 is 0 Å². The molecule has 11 heavy (non-hydrogen) atoms. The van der Waals surface area contributed by atoms with Crippen molar-refractivity contribution in [2.75, 3.05) is 20.3 Å². The minimum Gasteiger partial charge on any atom is -0.388 e. The molecule has 1 fully saturated rings. The van der Waals surface area contributed by atoms with Crippen molar-refractivity contribution in [2.24, 2.45) is 0 Å². The second-order valence-electron chi connectivity index (χ2n) is 2.60. The van der Waals surface area contributed by atoms with Crippen molar-refractivity contribution in [3.05, 3.63) is 0 Å². The van der Waals surface area contributed by atoms with Gasteiger partial charge in [-0.15, -0.1) is 0 Å². The minimum atomic E-state index is -1.74. The maximum atomic E-state index is 9.37. The Morgan fingerprint density at radius 1 is 1.64 bits per heavy atom. The van der Waals surface area contributed by atoms with Crippen molar-refractivity contribution < 1.29 is 24.8 Å². The predicted molar refractivity (Wildman–Crippen MR) is 34.8 cm³/mol. The van der Waals surface area contributed by atoms with E-state index in [2.05, 4.69) is 4.74 Å². The van der Waals surface area contributed by atoms with Crippen LogP contribution in [0.5, 0.6) is 0 Å². The van der Waals surface area contributed by atoms with Gasteiger partial charge in [-0.2, -0.15) is 0 Å². The van der Waals surface area contributed by atoms with Gasteiger partial charge in [0.1, 0.15) is 18.8 Å². The highest BCUT2D eigenvalue weighted by Gasteiger charge is 2.47. The van der Waals surface area contributed by atoms with Crippen LogP contribution < -0.4 is 0 Å². The molecule has 1 aliphatic heterocycles. The Balaban J connectivity index is 2.57. The highest BCUT2D eigenvalue weighted by molar-refractivity contribution is 4.88. The summed E-state index contributed by atoms with van der Waals surface area (Å²) in [4.78, 5) is 0. The maximum absolute atomic E-state index is 9.37. The molecule has 0 saturated carbocycles. The van der Waals surface area contributed by atoms with E-state index >= 15 is 0 Å². The summed E-state index contributed by atoms with van der Waals surface area (Å²) in [6.45, 7) is -0.216. The van der Waals surface area contributed by atoms with Gasteiger partial charge in [-0.3, -0.25) is 0 Å². The van der Waals surface area contributed by atoms with Gasteiger partial charge < -0.3 is 24.8 Å². The first-order valence-electron chi connectivity index (χ1n) is 3.31. The van der Waals surface area contributed by atoms with Gasteiger partial charge in [0.15, 0.2) is 0 Å². The summed E-state index contributed by atoms with van der Waals surface area (Å²) in [7, 11) is 1.37. The van der Waals surface area contributed by atoms with E-state index in [1.54, 1.807) is 0 Å². The van der Waals surface area contributed by atoms with E-state index in [-0.39, 0.29) is 13.2 Å². The average Bonchev–Trinajstić information content (AvgIpc) is 2.19. The Morgan fingerprint density at radius 2 is 2.27 bits per heavy atom. The molecular formula is C6H12O5. The van der Waals surface area contributed by atoms with Crippen molar-refractivity contribution in [1.29, 1.82) is 0 Å². The van der Waals surface area contributed by atoms with Crippen molar-refractivity contribution in [2.45, 2.75) is 18.0 Å². The molecule has 0 aliphatic carbocycles. The molecular weight excluding hydrogens is 152 g/mol. The molecule has 1 heterocycles. The van der Waals surface area contributed by atoms with Crippen LogP contribution in [0.4, 0.5) is 0 Å². The lowest BCUT2D eigenvalue weighted by molar-refractivity contribution is -0.238. The fraction of sp³-hybridized carbons (Fsp3) is 1.00. The van der Waals surface area contributed by atoms with E-state index in [0.717, 1.165) is 0 Å². The van der Waals surface area contributed by atoms with Crippen molar-refractivity contribution in [1.82, 2.24) is 0 Å². The topological polar surface area (TPSA) is 79.2 Å². The second kappa shape index (κ2) is 3.04. The predicted octanol–water partition coefficient (Wildman–Crippen LogP) is -1.93. The summed E-state index contributed by atoms with van der Waals surface area (Å²) in [5, 5.41) is 27.5. The summed E-state index contributed by atoms with van der Waals surface area (Å²) in [5.74, 6) is -1.74. The van der Waals surface area contributed by atoms with Crippen LogP contribution in [-0.2, 0) is 9.47 Å². The Bertz CT molecular complexity index is 135. The number of hydrogen-bond donors (Lipinski definition) is 3. The van der Waals surface area contributed by atoms with E-state index in [1.165, 1.54) is 7.11 Å². The van der Waals surface area contributed by atoms with Crippen molar-refractivity contribution in [3.63, 3.8) is 0 Å². The quantitative estimate of drug-likeness (QED) is 0.443. The monoisotopic (exact) mass is 164 g/mol. The highest BCUT2D eigenvalue weighted by Crippen LogP contribution is 2.23. The Hall–Kier alpha value is -0.200. The average molecular weight is 164 g/mol. The lowest BCUT2D eigenvalue weighted by Gasteiger charge is -2.24. The van der Waals surface area contributed by atoms with Gasteiger partial charge in [-0.05, 0) is 0 Å². The largest absolute Gasteiger partial charge is 0.388 e. The zero-order chi connectivity index (χ0) is 8.48. The number of hydrogen-bond acceptors (Lipinski definition) is 5. The second-order valence-corrected chi connectivity index (χ2v) is 2.60. The lowest BCUT2D eigenvalue weighted by Crippen LogP contribution is -2.46. The Kier molecular flexibility index (Phi) is 2.46. The standard InChI is InChI=1S/C6H12O5/c1-10-3-6(9)5(8)4(7)2-11-6/h4-5,7-9H,2-3H2,1H3/t4?,5-,6-/m0/s1. The normalized spacial score (nSPS) is 44.7. The van der Waals surface area contributed by atoms with Crippen LogP contribution in [0.25, 0.3) is 0 Å². The van der Waals surface area contributed by atoms with Crippen LogP contribution >= 0.6 is 0 Å². The highest BCUT2D eigenvalue weighted by atomic mass is 16.7. The maximum Gasteiger partial charge on any atom is 0.219 e. The first kappa shape index (κ1) is 8.89. The number of aliphatic hydroxyl groups excluding tert-OH is 2. The molecule has 1 aliphatic rings. The fourth-order valence-corrected chi connectivity index (χ4v) is 1.04. The van der Waals surface area contributed by atoms with Crippen LogP contribution in [0.1, 0.15) is 0 Å². The van der Waals surface area contributed by atoms with Gasteiger partial charge >= 0.3 is 0 Å². The molecule has 1 unspecified atom stereocenters. The van der Waals surface area contributed by atoms with Gasteiger partial charge in [0.25, 0.3) is 0 Å². The van der Waals surface area contributed by atoms with E-state index in [4.69, 9.17) is 14.9 Å². The third kappa shape index (κ3) is 1.52. The summed E-state index contributed by atoms with van der Waals surface area (Å²) >= 11 is 0. The van der Waals surface area contributed by atoms with E-state index in [9.17, 15) is 5.11 Å². The summed E-state index contributed by atoms with van der Waals surface area (Å²) < 4.78 is 9.34. The molecule has 0 spiro atoms. The molecule has 1 saturated heterocycles. The molecule has 5 heteroatoms. The van der Waals surface area contributed by atoms with Crippen LogP contribution in [0.3, 0.4) is 0 Å². The molecule has 0 amide bonds. The molecule has 3 N–H and O–H groups in total. The van der Waals surface area contributed by atoms with Gasteiger partial charge in [0, 0.05) is 7.11 Å².